The van der Waals surface area contributed by atoms with E-state index in [0.29, 0.717) is 17.2 Å². The van der Waals surface area contributed by atoms with Gasteiger partial charge in [0.1, 0.15) is 5.75 Å². The highest BCUT2D eigenvalue weighted by Gasteiger charge is 2.54. The van der Waals surface area contributed by atoms with Crippen LogP contribution in [0.25, 0.3) is 0 Å². The number of nitrogens with one attached hydrogen (secondary N) is 1. The zero-order valence-corrected chi connectivity index (χ0v) is 16.3. The van der Waals surface area contributed by atoms with Crippen LogP contribution in [-0.4, -0.2) is 25.1 Å². The quantitative estimate of drug-likeness (QED) is 0.821. The largest absolute Gasteiger partial charge is 0.495 e. The van der Waals surface area contributed by atoms with Gasteiger partial charge < -0.3 is 15.4 Å². The molecule has 4 aliphatic rings. The normalized spacial score (nSPS) is 34.3. The van der Waals surface area contributed by atoms with Crippen molar-refractivity contribution in [2.75, 3.05) is 12.4 Å². The second-order valence-corrected chi connectivity index (χ2v) is 9.24. The lowest BCUT2D eigenvalue weighted by molar-refractivity contribution is -0.718. The summed E-state index contributed by atoms with van der Waals surface area (Å²) in [5.74, 6) is 3.63. The minimum atomic E-state index is -0.0945. The van der Waals surface area contributed by atoms with Crippen molar-refractivity contribution in [2.45, 2.75) is 64.5 Å². The van der Waals surface area contributed by atoms with E-state index in [1.165, 1.54) is 38.5 Å². The van der Waals surface area contributed by atoms with Gasteiger partial charge in [0.2, 0.25) is 0 Å². The van der Waals surface area contributed by atoms with Gasteiger partial charge in [0.15, 0.2) is 6.04 Å². The molecule has 4 bridgehead atoms. The molecule has 3 N–H and O–H groups in total. The first-order chi connectivity index (χ1) is 12.5. The van der Waals surface area contributed by atoms with Gasteiger partial charge in [-0.2, -0.15) is 0 Å². The number of carbonyl (C=O) groups is 1. The molecule has 142 valence electrons. The average Bonchev–Trinajstić information content (AvgIpc) is 2.61. The first-order valence-electron chi connectivity index (χ1n) is 10.3. The summed E-state index contributed by atoms with van der Waals surface area (Å²) >= 11 is 0. The molecule has 4 aliphatic carbocycles. The monoisotopic (exact) mass is 357 g/mol. The van der Waals surface area contributed by atoms with Gasteiger partial charge in [-0.1, -0.05) is 12.1 Å². The van der Waals surface area contributed by atoms with Crippen molar-refractivity contribution >= 4 is 11.6 Å². The molecule has 0 radical (unpaired) electrons. The number of hydrogen-bond donors (Lipinski definition) is 2. The van der Waals surface area contributed by atoms with Gasteiger partial charge in [-0.3, -0.25) is 4.79 Å². The number of methoxy groups -OCH3 is 1. The van der Waals surface area contributed by atoms with Crippen molar-refractivity contribution in [1.29, 1.82) is 0 Å². The molecule has 4 nitrogen and oxygen atoms in total. The van der Waals surface area contributed by atoms with Crippen molar-refractivity contribution in [2.24, 2.45) is 23.2 Å². The van der Waals surface area contributed by atoms with Crippen LogP contribution in [0.2, 0.25) is 0 Å². The molecule has 1 amide bonds. The highest BCUT2D eigenvalue weighted by atomic mass is 16.5. The maximum Gasteiger partial charge on any atom is 0.282 e. The number of ether oxygens (including phenoxy) is 1. The van der Waals surface area contributed by atoms with E-state index in [1.807, 2.05) is 31.2 Å². The fourth-order valence-corrected chi connectivity index (χ4v) is 6.45. The van der Waals surface area contributed by atoms with Crippen LogP contribution in [0.5, 0.6) is 5.75 Å². The summed E-state index contributed by atoms with van der Waals surface area (Å²) in [5, 5.41) is 5.36. The lowest BCUT2D eigenvalue weighted by Gasteiger charge is -2.58. The zero-order chi connectivity index (χ0) is 18.3. The Morgan fingerprint density at radius 1 is 1.12 bits per heavy atom. The Kier molecular flexibility index (Phi) is 4.72. The van der Waals surface area contributed by atoms with Crippen molar-refractivity contribution in [3.8, 4) is 5.75 Å². The van der Waals surface area contributed by atoms with E-state index < -0.39 is 0 Å². The zero-order valence-electron chi connectivity index (χ0n) is 16.3. The second kappa shape index (κ2) is 6.88. The van der Waals surface area contributed by atoms with Crippen LogP contribution in [0.15, 0.2) is 24.3 Å². The Morgan fingerprint density at radius 3 is 2.27 bits per heavy atom. The topological polar surface area (TPSA) is 54.9 Å². The molecule has 1 aromatic rings. The first-order valence-corrected chi connectivity index (χ1v) is 10.3. The number of benzene rings is 1. The molecule has 0 unspecified atom stereocenters. The van der Waals surface area contributed by atoms with Gasteiger partial charge in [-0.15, -0.1) is 0 Å². The van der Waals surface area contributed by atoms with E-state index in [-0.39, 0.29) is 11.9 Å². The molecule has 0 aliphatic heterocycles. The van der Waals surface area contributed by atoms with E-state index in [4.69, 9.17) is 4.74 Å². The highest BCUT2D eigenvalue weighted by Crippen LogP contribution is 2.60. The molecule has 26 heavy (non-hydrogen) atoms. The van der Waals surface area contributed by atoms with Crippen LogP contribution in [0.3, 0.4) is 0 Å². The number of hydrogen-bond acceptors (Lipinski definition) is 2. The van der Waals surface area contributed by atoms with Gasteiger partial charge in [-0.05, 0) is 82.3 Å². The lowest BCUT2D eigenvalue weighted by atomic mass is 9.48. The summed E-state index contributed by atoms with van der Waals surface area (Å²) in [7, 11) is 1.63. The number of para-hydroxylation sites is 2. The third kappa shape index (κ3) is 3.24. The van der Waals surface area contributed by atoms with Crippen molar-refractivity contribution in [1.82, 2.24) is 0 Å². The number of carbonyl (C=O) groups excluding carboxylic acids is 1. The highest BCUT2D eigenvalue weighted by molar-refractivity contribution is 5.94. The van der Waals surface area contributed by atoms with Gasteiger partial charge in [0.25, 0.3) is 5.91 Å². The summed E-state index contributed by atoms with van der Waals surface area (Å²) < 4.78 is 5.35. The predicted octanol–water partition coefficient (Wildman–Crippen LogP) is 3.19. The van der Waals surface area contributed by atoms with Gasteiger partial charge in [0.05, 0.1) is 18.8 Å². The summed E-state index contributed by atoms with van der Waals surface area (Å²) in [6.45, 7) is 4.39. The number of rotatable bonds is 6. The molecular weight excluding hydrogens is 324 g/mol. The van der Waals surface area contributed by atoms with Crippen LogP contribution in [-0.2, 0) is 4.79 Å². The molecule has 4 fully saturated rings. The molecule has 2 atom stereocenters. The third-order valence-corrected chi connectivity index (χ3v) is 7.41. The van der Waals surface area contributed by atoms with E-state index in [1.54, 1.807) is 7.11 Å². The van der Waals surface area contributed by atoms with Crippen LogP contribution in [0.1, 0.15) is 52.4 Å². The van der Waals surface area contributed by atoms with E-state index in [9.17, 15) is 4.79 Å². The third-order valence-electron chi connectivity index (χ3n) is 7.41. The predicted molar refractivity (Wildman–Crippen MR) is 103 cm³/mol. The molecule has 0 aromatic heterocycles. The fourth-order valence-electron chi connectivity index (χ4n) is 6.45. The number of nitrogens with two attached hydrogens (primary N) is 1. The van der Waals surface area contributed by atoms with E-state index >= 15 is 0 Å². The molecule has 0 spiro atoms. The summed E-state index contributed by atoms with van der Waals surface area (Å²) in [5.41, 5.74) is 1.22. The van der Waals surface area contributed by atoms with E-state index in [2.05, 4.69) is 17.6 Å². The van der Waals surface area contributed by atoms with Gasteiger partial charge in [0, 0.05) is 5.41 Å². The van der Waals surface area contributed by atoms with Crippen LogP contribution in [0, 0.1) is 23.2 Å². The molecule has 4 saturated carbocycles. The van der Waals surface area contributed by atoms with Crippen LogP contribution >= 0.6 is 0 Å². The maximum atomic E-state index is 12.7. The SMILES string of the molecule is COc1ccccc1NC(=O)[C@@H](C)[NH2+][C@@H](C)C12CC3CC(CC(C3)C1)C2. The molecular formula is C22H33N2O2+. The Balaban J connectivity index is 1.40. The standard InChI is InChI=1S/C22H32N2O2/c1-14(21(25)24-19-6-4-5-7-20(19)26-3)23-15(2)22-11-16-8-17(12-22)10-18(9-16)13-22/h4-7,14-18,23H,8-13H2,1-3H3,(H,24,25)/p+1/t14-,15+,16?,17?,18?,22?/m1/s1. The van der Waals surface area contributed by atoms with Gasteiger partial charge >= 0.3 is 0 Å². The molecule has 1 aromatic carbocycles. The Bertz CT molecular complexity index is 637. The van der Waals surface area contributed by atoms with Crippen molar-refractivity contribution in [3.63, 3.8) is 0 Å². The maximum absolute atomic E-state index is 12.7. The number of anilines is 1. The van der Waals surface area contributed by atoms with Gasteiger partial charge in [-0.25, -0.2) is 0 Å². The number of amides is 1. The Hall–Kier alpha value is -1.55. The molecule has 5 rings (SSSR count). The lowest BCUT2D eigenvalue weighted by Crippen LogP contribution is -2.98. The smallest absolute Gasteiger partial charge is 0.282 e. The summed E-state index contributed by atoms with van der Waals surface area (Å²) in [4.78, 5) is 12.7. The minimum Gasteiger partial charge on any atom is -0.495 e. The Morgan fingerprint density at radius 2 is 1.69 bits per heavy atom. The Labute approximate surface area is 157 Å². The van der Waals surface area contributed by atoms with Crippen LogP contribution in [0.4, 0.5) is 5.69 Å². The molecule has 0 saturated heterocycles. The second-order valence-electron chi connectivity index (χ2n) is 9.24. The van der Waals surface area contributed by atoms with Crippen molar-refractivity contribution < 1.29 is 14.8 Å². The summed E-state index contributed by atoms with van der Waals surface area (Å²) in [6.07, 6.45) is 8.56. The van der Waals surface area contributed by atoms with Crippen LogP contribution < -0.4 is 15.4 Å². The van der Waals surface area contributed by atoms with E-state index in [0.717, 1.165) is 23.4 Å². The summed E-state index contributed by atoms with van der Waals surface area (Å²) in [6, 6.07) is 8.02. The molecule has 4 heteroatoms. The first kappa shape index (κ1) is 17.8. The van der Waals surface area contributed by atoms with Crippen molar-refractivity contribution in [3.05, 3.63) is 24.3 Å². The average molecular weight is 358 g/mol. The molecule has 0 heterocycles. The number of quaternary nitrogens is 1. The fraction of sp³-hybridized carbons (Fsp3) is 0.682. The minimum absolute atomic E-state index is 0.0612.